The van der Waals surface area contributed by atoms with Crippen molar-refractivity contribution in [2.24, 2.45) is 0 Å². The normalized spacial score (nSPS) is 17.3. The van der Waals surface area contributed by atoms with Crippen molar-refractivity contribution in [1.82, 2.24) is 10.6 Å². The second-order valence-corrected chi connectivity index (χ2v) is 2.62. The first-order chi connectivity index (χ1) is 4.20. The number of hydrogen-bond donors (Lipinski definition) is 2. The second-order valence-electron chi connectivity index (χ2n) is 2.62. The minimum atomic E-state index is 0.618. The van der Waals surface area contributed by atoms with Crippen LogP contribution >= 0.6 is 0 Å². The monoisotopic (exact) mass is 130 g/mol. The molecule has 0 aromatic heterocycles. The van der Waals surface area contributed by atoms with Crippen LogP contribution in [0, 0.1) is 0 Å². The Bertz CT molecular complexity index is 55.9. The lowest BCUT2D eigenvalue weighted by atomic mass is 10.1. The molecule has 2 heteroatoms. The lowest BCUT2D eigenvalue weighted by Gasteiger charge is -2.15. The molecule has 2 nitrogen and oxygen atoms in total. The zero-order valence-corrected chi connectivity index (χ0v) is 6.86. The lowest BCUT2D eigenvalue weighted by molar-refractivity contribution is 0.469. The highest BCUT2D eigenvalue weighted by atomic mass is 14.9. The third-order valence-corrected chi connectivity index (χ3v) is 1.69. The van der Waals surface area contributed by atoms with Crippen molar-refractivity contribution >= 4 is 0 Å². The molecule has 2 atom stereocenters. The Labute approximate surface area is 58.0 Å². The average molecular weight is 130 g/mol. The van der Waals surface area contributed by atoms with Gasteiger partial charge in [0.25, 0.3) is 0 Å². The van der Waals surface area contributed by atoms with Crippen LogP contribution in [0.5, 0.6) is 0 Å². The Balaban J connectivity index is 3.22. The van der Waals surface area contributed by atoms with Gasteiger partial charge in [-0.15, -0.1) is 0 Å². The third-order valence-electron chi connectivity index (χ3n) is 1.69. The minimum Gasteiger partial charge on any atom is -0.317 e. The maximum atomic E-state index is 3.19. The summed E-state index contributed by atoms with van der Waals surface area (Å²) in [4.78, 5) is 0. The van der Waals surface area contributed by atoms with Crippen LogP contribution < -0.4 is 10.6 Å². The van der Waals surface area contributed by atoms with Crippen molar-refractivity contribution < 1.29 is 0 Å². The van der Waals surface area contributed by atoms with Gasteiger partial charge < -0.3 is 10.6 Å². The summed E-state index contributed by atoms with van der Waals surface area (Å²) in [6.45, 7) is 4.38. The van der Waals surface area contributed by atoms with Crippen LogP contribution in [0.15, 0.2) is 0 Å². The van der Waals surface area contributed by atoms with Crippen molar-refractivity contribution in [1.29, 1.82) is 0 Å². The van der Waals surface area contributed by atoms with Gasteiger partial charge in [-0.2, -0.15) is 0 Å². The molecule has 0 rings (SSSR count). The van der Waals surface area contributed by atoms with Gasteiger partial charge in [-0.05, 0) is 34.4 Å². The van der Waals surface area contributed by atoms with E-state index in [0.717, 1.165) is 0 Å². The van der Waals surface area contributed by atoms with E-state index >= 15 is 0 Å². The van der Waals surface area contributed by atoms with E-state index in [1.807, 2.05) is 14.1 Å². The molecule has 0 spiro atoms. The summed E-state index contributed by atoms with van der Waals surface area (Å²) in [5, 5.41) is 6.38. The second kappa shape index (κ2) is 4.77. The summed E-state index contributed by atoms with van der Waals surface area (Å²) in [6, 6.07) is 1.24. The van der Waals surface area contributed by atoms with Gasteiger partial charge in [0.2, 0.25) is 0 Å². The molecular weight excluding hydrogens is 112 g/mol. The molecule has 0 aliphatic heterocycles. The zero-order valence-electron chi connectivity index (χ0n) is 6.86. The van der Waals surface area contributed by atoms with E-state index in [4.69, 9.17) is 0 Å². The molecule has 0 aliphatic carbocycles. The molecular formula is C7H18N2. The third kappa shape index (κ3) is 4.43. The van der Waals surface area contributed by atoms with E-state index in [0.29, 0.717) is 12.1 Å². The molecule has 0 aromatic rings. The quantitative estimate of drug-likeness (QED) is 0.582. The Morgan fingerprint density at radius 1 is 1.00 bits per heavy atom. The van der Waals surface area contributed by atoms with Gasteiger partial charge in [-0.25, -0.2) is 0 Å². The van der Waals surface area contributed by atoms with Crippen LogP contribution in [0.2, 0.25) is 0 Å². The van der Waals surface area contributed by atoms with E-state index in [1.54, 1.807) is 0 Å². The summed E-state index contributed by atoms with van der Waals surface area (Å²) in [6.07, 6.45) is 1.19. The maximum absolute atomic E-state index is 3.19. The fourth-order valence-corrected chi connectivity index (χ4v) is 0.766. The van der Waals surface area contributed by atoms with Gasteiger partial charge in [-0.1, -0.05) is 0 Å². The molecule has 0 amide bonds. The Kier molecular flexibility index (Phi) is 4.72. The predicted molar refractivity (Wildman–Crippen MR) is 41.7 cm³/mol. The van der Waals surface area contributed by atoms with Crippen molar-refractivity contribution in [3.63, 3.8) is 0 Å². The smallest absolute Gasteiger partial charge is 0.00504 e. The van der Waals surface area contributed by atoms with Crippen molar-refractivity contribution in [3.05, 3.63) is 0 Å². The first-order valence-electron chi connectivity index (χ1n) is 3.55. The Morgan fingerprint density at radius 3 is 1.56 bits per heavy atom. The molecule has 0 unspecified atom stereocenters. The molecule has 0 aliphatic rings. The molecule has 0 bridgehead atoms. The Hall–Kier alpha value is -0.0800. The SMILES string of the molecule is CN[C@H](C)C[C@@H](C)NC. The van der Waals surface area contributed by atoms with Gasteiger partial charge in [0.05, 0.1) is 0 Å². The van der Waals surface area contributed by atoms with Crippen LogP contribution in [0.4, 0.5) is 0 Å². The first-order valence-corrected chi connectivity index (χ1v) is 3.55. The summed E-state index contributed by atoms with van der Waals surface area (Å²) in [7, 11) is 3.99. The summed E-state index contributed by atoms with van der Waals surface area (Å²) < 4.78 is 0. The van der Waals surface area contributed by atoms with Crippen molar-refractivity contribution in [3.8, 4) is 0 Å². The largest absolute Gasteiger partial charge is 0.317 e. The Morgan fingerprint density at radius 2 is 1.33 bits per heavy atom. The van der Waals surface area contributed by atoms with E-state index in [2.05, 4.69) is 24.5 Å². The van der Waals surface area contributed by atoms with Gasteiger partial charge in [0.15, 0.2) is 0 Å². The summed E-state index contributed by atoms with van der Waals surface area (Å²) in [5.74, 6) is 0. The maximum Gasteiger partial charge on any atom is 0.00504 e. The fourth-order valence-electron chi connectivity index (χ4n) is 0.766. The zero-order chi connectivity index (χ0) is 7.28. The molecule has 56 valence electrons. The van der Waals surface area contributed by atoms with Crippen molar-refractivity contribution in [2.45, 2.75) is 32.4 Å². The molecule has 0 fully saturated rings. The lowest BCUT2D eigenvalue weighted by Crippen LogP contribution is -2.31. The highest BCUT2D eigenvalue weighted by molar-refractivity contribution is 4.65. The summed E-state index contributed by atoms with van der Waals surface area (Å²) >= 11 is 0. The molecule has 2 N–H and O–H groups in total. The highest BCUT2D eigenvalue weighted by Gasteiger charge is 2.02. The highest BCUT2D eigenvalue weighted by Crippen LogP contribution is 1.94. The molecule has 0 radical (unpaired) electrons. The standard InChI is InChI=1S/C7H18N2/c1-6(8-3)5-7(2)9-4/h6-9H,5H2,1-4H3/t6-,7-/m1/s1. The fraction of sp³-hybridized carbons (Fsp3) is 1.00. The van der Waals surface area contributed by atoms with Gasteiger partial charge in [-0.3, -0.25) is 0 Å². The van der Waals surface area contributed by atoms with Crippen LogP contribution in [0.3, 0.4) is 0 Å². The van der Waals surface area contributed by atoms with Crippen LogP contribution in [-0.2, 0) is 0 Å². The molecule has 9 heavy (non-hydrogen) atoms. The number of hydrogen-bond acceptors (Lipinski definition) is 2. The van der Waals surface area contributed by atoms with Crippen LogP contribution in [0.25, 0.3) is 0 Å². The van der Waals surface area contributed by atoms with Crippen LogP contribution in [0.1, 0.15) is 20.3 Å². The predicted octanol–water partition coefficient (Wildman–Crippen LogP) is 0.592. The van der Waals surface area contributed by atoms with E-state index in [-0.39, 0.29) is 0 Å². The minimum absolute atomic E-state index is 0.618. The molecule has 0 aromatic carbocycles. The van der Waals surface area contributed by atoms with E-state index < -0.39 is 0 Å². The number of rotatable bonds is 4. The molecule has 0 heterocycles. The van der Waals surface area contributed by atoms with Gasteiger partial charge in [0, 0.05) is 12.1 Å². The summed E-state index contributed by atoms with van der Waals surface area (Å²) in [5.41, 5.74) is 0. The van der Waals surface area contributed by atoms with E-state index in [1.165, 1.54) is 6.42 Å². The van der Waals surface area contributed by atoms with Gasteiger partial charge in [0.1, 0.15) is 0 Å². The number of nitrogens with one attached hydrogen (secondary N) is 2. The topological polar surface area (TPSA) is 24.1 Å². The van der Waals surface area contributed by atoms with Crippen LogP contribution in [-0.4, -0.2) is 26.2 Å². The molecule has 0 saturated carbocycles. The van der Waals surface area contributed by atoms with E-state index in [9.17, 15) is 0 Å². The van der Waals surface area contributed by atoms with Crippen molar-refractivity contribution in [2.75, 3.05) is 14.1 Å². The van der Waals surface area contributed by atoms with Gasteiger partial charge >= 0.3 is 0 Å². The average Bonchev–Trinajstić information content (AvgIpc) is 1.87. The first kappa shape index (κ1) is 8.92. The molecule has 0 saturated heterocycles.